The minimum atomic E-state index is -2.53. The number of aliphatic hydroxyl groups is 3. The molecule has 0 aromatic heterocycles. The smallest absolute Gasteiger partial charge is 0.329 e. The summed E-state index contributed by atoms with van der Waals surface area (Å²) in [5, 5.41) is 46.7. The number of methoxy groups -OCH3 is 3. The fourth-order valence-corrected chi connectivity index (χ4v) is 9.86. The topological polar surface area (TPSA) is 214 Å². The number of amides is 2. The summed E-state index contributed by atoms with van der Waals surface area (Å²) in [5.74, 6) is -7.90. The van der Waals surface area contributed by atoms with Gasteiger partial charge in [0.05, 0.1) is 30.5 Å². The van der Waals surface area contributed by atoms with Crippen LogP contribution in [-0.4, -0.2) is 132 Å². The Hall–Kier alpha value is -3.31. The Morgan fingerprint density at radius 3 is 2.29 bits per heavy atom. The Balaban J connectivity index is 1.81. The lowest BCUT2D eigenvalue weighted by molar-refractivity contribution is -0.302. The summed E-state index contributed by atoms with van der Waals surface area (Å²) in [7, 11) is 4.60. The highest BCUT2D eigenvalue weighted by Crippen LogP contribution is 2.39. The molecule has 0 radical (unpaired) electrons. The van der Waals surface area contributed by atoms with Gasteiger partial charge in [0.2, 0.25) is 11.7 Å². The number of carbonyl (C=O) groups is 4. The molecule has 2 saturated heterocycles. The van der Waals surface area contributed by atoms with Gasteiger partial charge in [-0.05, 0) is 95.5 Å². The number of aliphatic hydroxyl groups excluding tert-OH is 2. The van der Waals surface area contributed by atoms with Gasteiger partial charge >= 0.3 is 5.97 Å². The van der Waals surface area contributed by atoms with Gasteiger partial charge in [-0.25, -0.2) is 4.79 Å². The molecule has 5 N–H and O–H groups in total. The molecule has 350 valence electrons. The molecule has 0 spiro atoms. The zero-order chi connectivity index (χ0) is 46.1. The van der Waals surface area contributed by atoms with Gasteiger partial charge in [0.25, 0.3) is 11.7 Å². The van der Waals surface area contributed by atoms with Gasteiger partial charge in [-0.2, -0.15) is 0 Å². The largest absolute Gasteiger partial charge is 0.456 e. The van der Waals surface area contributed by atoms with Crippen LogP contribution in [0.2, 0.25) is 0 Å². The highest BCUT2D eigenvalue weighted by molar-refractivity contribution is 6.39. The van der Waals surface area contributed by atoms with E-state index >= 15 is 0 Å². The number of ketones is 1. The molecule has 0 aromatic carbocycles. The number of nitrogens with one attached hydrogen (secondary N) is 2. The van der Waals surface area contributed by atoms with E-state index in [-0.39, 0.29) is 68.2 Å². The minimum Gasteiger partial charge on any atom is -0.456 e. The number of hydrogen-bond acceptors (Lipinski definition) is 13. The summed E-state index contributed by atoms with van der Waals surface area (Å²) in [6, 6.07) is -1.16. The Morgan fingerprint density at radius 2 is 1.65 bits per heavy atom. The van der Waals surface area contributed by atoms with E-state index < -0.39 is 83.9 Å². The van der Waals surface area contributed by atoms with Crippen molar-refractivity contribution in [2.75, 3.05) is 27.9 Å². The molecule has 1 aliphatic carbocycles. The maximum atomic E-state index is 14.4. The van der Waals surface area contributed by atoms with Crippen molar-refractivity contribution in [1.82, 2.24) is 10.2 Å². The van der Waals surface area contributed by atoms with Gasteiger partial charge in [-0.3, -0.25) is 14.4 Å². The lowest BCUT2D eigenvalue weighted by Crippen LogP contribution is -2.64. The summed E-state index contributed by atoms with van der Waals surface area (Å²) >= 11 is 0. The summed E-state index contributed by atoms with van der Waals surface area (Å²) in [4.78, 5) is 56.6. The Kier molecular flexibility index (Phi) is 19.1. The zero-order valence-corrected chi connectivity index (χ0v) is 38.5. The van der Waals surface area contributed by atoms with Gasteiger partial charge in [0, 0.05) is 69.9 Å². The Morgan fingerprint density at radius 1 is 0.984 bits per heavy atom. The number of cyclic esters (lactones) is 1. The first-order valence-electron chi connectivity index (χ1n) is 22.6. The molecule has 15 nitrogen and oxygen atoms in total. The number of hydrogen-bond donors (Lipinski definition) is 5. The number of Topliss-reactive ketones (excluding diaryl/α,β-unsaturated/α-hetero) is 1. The summed E-state index contributed by atoms with van der Waals surface area (Å²) in [5.41, 5.74) is 2.24. The fourth-order valence-electron chi connectivity index (χ4n) is 9.86. The maximum Gasteiger partial charge on any atom is 0.329 e. The highest BCUT2D eigenvalue weighted by Gasteiger charge is 2.56. The molecule has 3 aliphatic heterocycles. The molecular formula is C47H75N3O12. The van der Waals surface area contributed by atoms with E-state index in [0.717, 1.165) is 5.57 Å². The summed E-state index contributed by atoms with van der Waals surface area (Å²) in [6.45, 7) is 15.1. The SMILES string of the molecule is C=C(C[C@@H]1/C=C(\C)C[C@H](C)C[C@H](OC)[C@H]2O[C@@](O)(C(=O)C(=O)N3CCCC[C@H]3C(=O)O[C@H](/C(C)=C/[C@@H]3CC[C@@H](O)[C@H](OC)C3)[C@H](C)[C@@H](O)CC1=N)[C@H](C)C[C@@H]2OC)NC(=O)CC. The van der Waals surface area contributed by atoms with Crippen molar-refractivity contribution < 1.29 is 58.2 Å². The first kappa shape index (κ1) is 51.3. The van der Waals surface area contributed by atoms with Crippen LogP contribution < -0.4 is 5.32 Å². The minimum absolute atomic E-state index is 0.0260. The number of rotatable bonds is 9. The first-order chi connectivity index (χ1) is 29.3. The molecule has 15 heteroatoms. The Labute approximate surface area is 368 Å². The van der Waals surface area contributed by atoms with Crippen LogP contribution in [0.4, 0.5) is 0 Å². The normalized spacial score (nSPS) is 38.5. The molecule has 3 fully saturated rings. The number of esters is 1. The maximum absolute atomic E-state index is 14.4. The first-order valence-corrected chi connectivity index (χ1v) is 22.6. The average Bonchev–Trinajstić information content (AvgIpc) is 3.24. The van der Waals surface area contributed by atoms with Crippen LogP contribution in [0.1, 0.15) is 119 Å². The second kappa shape index (κ2) is 23.0. The molecule has 14 atom stereocenters. The lowest BCUT2D eigenvalue weighted by atomic mass is 9.81. The predicted octanol–water partition coefficient (Wildman–Crippen LogP) is 4.94. The molecule has 1 saturated carbocycles. The zero-order valence-electron chi connectivity index (χ0n) is 38.5. The van der Waals surface area contributed by atoms with E-state index in [1.54, 1.807) is 27.9 Å². The van der Waals surface area contributed by atoms with Crippen molar-refractivity contribution in [1.29, 1.82) is 5.41 Å². The van der Waals surface area contributed by atoms with Crippen LogP contribution in [0.5, 0.6) is 0 Å². The predicted molar refractivity (Wildman–Crippen MR) is 233 cm³/mol. The number of carbonyl (C=O) groups excluding carboxylic acids is 4. The second-order valence-corrected chi connectivity index (χ2v) is 18.5. The van der Waals surface area contributed by atoms with Crippen molar-refractivity contribution in [3.05, 3.63) is 35.6 Å². The van der Waals surface area contributed by atoms with Crippen LogP contribution >= 0.6 is 0 Å². The van der Waals surface area contributed by atoms with Crippen LogP contribution in [0.15, 0.2) is 35.6 Å². The van der Waals surface area contributed by atoms with Gasteiger partial charge in [-0.1, -0.05) is 52.0 Å². The highest BCUT2D eigenvalue weighted by atomic mass is 16.7. The number of allylic oxidation sites excluding steroid dienone is 4. The van der Waals surface area contributed by atoms with E-state index in [1.165, 1.54) is 19.1 Å². The standard InChI is InChI=1S/C47H75N3O12/c1-11-41(53)49-30(6)23-33-19-26(2)18-27(3)20-39(59-9)43-40(60-10)22-29(5)47(57,62-43)44(54)45(55)50-17-13-12-14-35(50)46(56)61-42(31(7)37(52)25-34(33)48)28(4)21-32-15-16-36(51)38(24-32)58-8/h19,21,27,29,31-33,35-40,42-43,48,51-52,57H,6,11-18,20,22-25H2,1-5,7-10H3,(H,49,53)/b26-19+,28-21+,48-34?/t27-,29+,31+,32-,33-,35-,36+,37-,38+,39-,40-,42+,43+,47+/m0/s1. The quantitative estimate of drug-likeness (QED) is 0.118. The third kappa shape index (κ3) is 12.7. The number of fused-ring (bicyclic) bond motifs is 3. The third-order valence-electron chi connectivity index (χ3n) is 13.6. The van der Waals surface area contributed by atoms with E-state index in [1.807, 2.05) is 32.9 Å². The molecule has 0 unspecified atom stereocenters. The van der Waals surface area contributed by atoms with E-state index in [9.17, 15) is 39.9 Å². The van der Waals surface area contributed by atoms with Gasteiger partial charge < -0.3 is 54.6 Å². The van der Waals surface area contributed by atoms with Crippen molar-refractivity contribution in [2.45, 2.75) is 173 Å². The van der Waals surface area contributed by atoms with Gasteiger partial charge in [-0.15, -0.1) is 0 Å². The molecule has 4 rings (SSSR count). The van der Waals surface area contributed by atoms with Crippen molar-refractivity contribution in [2.24, 2.45) is 29.6 Å². The summed E-state index contributed by atoms with van der Waals surface area (Å²) in [6.07, 6.45) is 3.29. The van der Waals surface area contributed by atoms with E-state index in [0.29, 0.717) is 56.2 Å². The Bertz CT molecular complexity index is 1670. The molecule has 4 aliphatic rings. The van der Waals surface area contributed by atoms with Crippen molar-refractivity contribution in [3.63, 3.8) is 0 Å². The van der Waals surface area contributed by atoms with E-state index in [2.05, 4.69) is 11.9 Å². The molecule has 2 bridgehead atoms. The van der Waals surface area contributed by atoms with Crippen molar-refractivity contribution in [3.8, 4) is 0 Å². The molecule has 0 aromatic rings. The second-order valence-electron chi connectivity index (χ2n) is 18.5. The molecule has 62 heavy (non-hydrogen) atoms. The van der Waals surface area contributed by atoms with Gasteiger partial charge in [0.1, 0.15) is 18.2 Å². The van der Waals surface area contributed by atoms with E-state index in [4.69, 9.17) is 23.7 Å². The van der Waals surface area contributed by atoms with Crippen molar-refractivity contribution >= 4 is 29.3 Å². The van der Waals surface area contributed by atoms with Crippen LogP contribution in [0.25, 0.3) is 0 Å². The lowest BCUT2D eigenvalue weighted by Gasteiger charge is -2.47. The third-order valence-corrected chi connectivity index (χ3v) is 13.6. The average molecular weight is 874 g/mol. The number of piperidine rings is 1. The van der Waals surface area contributed by atoms with Crippen LogP contribution in [0.3, 0.4) is 0 Å². The van der Waals surface area contributed by atoms with Crippen LogP contribution in [-0.2, 0) is 42.9 Å². The van der Waals surface area contributed by atoms with Gasteiger partial charge in [0.15, 0.2) is 0 Å². The summed E-state index contributed by atoms with van der Waals surface area (Å²) < 4.78 is 30.0. The number of nitrogens with zero attached hydrogens (tertiary/aromatic N) is 1. The molecule has 2 amide bonds. The number of ether oxygens (including phenoxy) is 5. The fraction of sp³-hybridized carbons (Fsp3) is 0.766. The molecule has 3 heterocycles. The van der Waals surface area contributed by atoms with Crippen LogP contribution in [0, 0.1) is 35.0 Å². The monoisotopic (exact) mass is 874 g/mol. The molecular weight excluding hydrogens is 799 g/mol.